The fraction of sp³-hybridized carbons (Fsp3) is 0.273. The highest BCUT2D eigenvalue weighted by molar-refractivity contribution is 5.90. The molecule has 0 saturated carbocycles. The van der Waals surface area contributed by atoms with Crippen LogP contribution in [0.1, 0.15) is 30.7 Å². The van der Waals surface area contributed by atoms with Gasteiger partial charge < -0.3 is 14.5 Å². The number of amides is 1. The molecular formula is C22H23N3O4. The standard InChI is InChI=1S/C22H23N3O4/c26-21(25-29-22-7-3-4-14-27-22)13-10-16-8-11-17(12-9-16)28-15-20-23-18-5-1-2-6-19(18)24-20/h1-2,5-6,8-13,22H,3-4,7,14-15H2,(H,23,24)(H,25,26)/b13-10+. The highest BCUT2D eigenvalue weighted by Gasteiger charge is 2.14. The van der Waals surface area contributed by atoms with Gasteiger partial charge in [0.1, 0.15) is 18.2 Å². The molecule has 0 aliphatic carbocycles. The van der Waals surface area contributed by atoms with Crippen LogP contribution >= 0.6 is 0 Å². The van der Waals surface area contributed by atoms with Crippen molar-refractivity contribution in [2.45, 2.75) is 32.2 Å². The largest absolute Gasteiger partial charge is 0.486 e. The maximum absolute atomic E-state index is 11.8. The Bertz CT molecular complexity index is 942. The smallest absolute Gasteiger partial charge is 0.267 e. The second-order valence-electron chi connectivity index (χ2n) is 6.77. The van der Waals surface area contributed by atoms with Crippen LogP contribution in [-0.2, 0) is 21.0 Å². The van der Waals surface area contributed by atoms with Gasteiger partial charge in [-0.2, -0.15) is 0 Å². The molecule has 2 N–H and O–H groups in total. The zero-order valence-corrected chi connectivity index (χ0v) is 16.0. The van der Waals surface area contributed by atoms with Crippen LogP contribution in [0.25, 0.3) is 17.1 Å². The van der Waals surface area contributed by atoms with E-state index in [2.05, 4.69) is 15.4 Å². The lowest BCUT2D eigenvalue weighted by molar-refractivity contribution is -0.198. The summed E-state index contributed by atoms with van der Waals surface area (Å²) >= 11 is 0. The maximum Gasteiger partial charge on any atom is 0.267 e. The first-order valence-electron chi connectivity index (χ1n) is 9.68. The van der Waals surface area contributed by atoms with Crippen LogP contribution in [0.15, 0.2) is 54.6 Å². The molecule has 4 rings (SSSR count). The Labute approximate surface area is 168 Å². The first kappa shape index (κ1) is 19.2. The Kier molecular flexibility index (Phi) is 6.19. The van der Waals surface area contributed by atoms with E-state index in [9.17, 15) is 4.79 Å². The van der Waals surface area contributed by atoms with Gasteiger partial charge in [-0.15, -0.1) is 0 Å². The number of hydrogen-bond donors (Lipinski definition) is 2. The van der Waals surface area contributed by atoms with E-state index in [1.54, 1.807) is 6.08 Å². The van der Waals surface area contributed by atoms with Gasteiger partial charge in [-0.25, -0.2) is 15.3 Å². The average Bonchev–Trinajstić information content (AvgIpc) is 3.19. The second-order valence-corrected chi connectivity index (χ2v) is 6.77. The summed E-state index contributed by atoms with van der Waals surface area (Å²) in [5, 5.41) is 0. The fourth-order valence-corrected chi connectivity index (χ4v) is 3.03. The minimum Gasteiger partial charge on any atom is -0.486 e. The van der Waals surface area contributed by atoms with Crippen molar-refractivity contribution in [3.8, 4) is 5.75 Å². The van der Waals surface area contributed by atoms with Crippen LogP contribution in [0.5, 0.6) is 5.75 Å². The van der Waals surface area contributed by atoms with Gasteiger partial charge in [0.2, 0.25) is 0 Å². The van der Waals surface area contributed by atoms with Gasteiger partial charge >= 0.3 is 0 Å². The zero-order chi connectivity index (χ0) is 19.9. The number of nitrogens with one attached hydrogen (secondary N) is 2. The predicted octanol–water partition coefficient (Wildman–Crippen LogP) is 3.73. The SMILES string of the molecule is O=C(/C=C/c1ccc(OCc2nc3ccccc3[nH]2)cc1)NOC1CCCCO1. The number of carbonyl (C=O) groups is 1. The number of fused-ring (bicyclic) bond motifs is 1. The molecule has 2 aromatic carbocycles. The fourth-order valence-electron chi connectivity index (χ4n) is 3.03. The molecule has 1 fully saturated rings. The van der Waals surface area contributed by atoms with Gasteiger partial charge in [-0.05, 0) is 48.7 Å². The molecule has 3 aromatic rings. The number of carbonyl (C=O) groups excluding carboxylic acids is 1. The number of imidazole rings is 1. The molecule has 1 unspecified atom stereocenters. The number of hydrogen-bond acceptors (Lipinski definition) is 5. The third-order valence-corrected chi connectivity index (χ3v) is 4.55. The molecule has 0 bridgehead atoms. The van der Waals surface area contributed by atoms with E-state index in [1.807, 2.05) is 48.5 Å². The van der Waals surface area contributed by atoms with Crippen LogP contribution in [0.3, 0.4) is 0 Å². The monoisotopic (exact) mass is 393 g/mol. The zero-order valence-electron chi connectivity index (χ0n) is 16.0. The lowest BCUT2D eigenvalue weighted by Gasteiger charge is -2.21. The Hall–Kier alpha value is -3.16. The summed E-state index contributed by atoms with van der Waals surface area (Å²) in [5.41, 5.74) is 5.19. The van der Waals surface area contributed by atoms with E-state index >= 15 is 0 Å². The van der Waals surface area contributed by atoms with E-state index in [4.69, 9.17) is 14.3 Å². The van der Waals surface area contributed by atoms with E-state index in [1.165, 1.54) is 6.08 Å². The summed E-state index contributed by atoms with van der Waals surface area (Å²) < 4.78 is 11.2. The number of ether oxygens (including phenoxy) is 2. The van der Waals surface area contributed by atoms with Crippen molar-refractivity contribution in [2.75, 3.05) is 6.61 Å². The normalized spacial score (nSPS) is 16.9. The van der Waals surface area contributed by atoms with E-state index in [0.29, 0.717) is 13.2 Å². The van der Waals surface area contributed by atoms with Crippen molar-refractivity contribution in [3.63, 3.8) is 0 Å². The topological polar surface area (TPSA) is 85.5 Å². The minimum absolute atomic E-state index is 0.329. The molecule has 1 saturated heterocycles. The number of aromatic nitrogens is 2. The summed E-state index contributed by atoms with van der Waals surface area (Å²) in [5.74, 6) is 1.17. The molecule has 29 heavy (non-hydrogen) atoms. The Morgan fingerprint density at radius 3 is 2.86 bits per heavy atom. The van der Waals surface area contributed by atoms with Crippen LogP contribution in [-0.4, -0.2) is 28.8 Å². The van der Waals surface area contributed by atoms with Crippen molar-refractivity contribution in [1.29, 1.82) is 0 Å². The van der Waals surface area contributed by atoms with Gasteiger partial charge in [0.05, 0.1) is 11.0 Å². The average molecular weight is 393 g/mol. The lowest BCUT2D eigenvalue weighted by atomic mass is 10.2. The molecule has 0 spiro atoms. The quantitative estimate of drug-likeness (QED) is 0.472. The number of benzene rings is 2. The van der Waals surface area contributed by atoms with Crippen molar-refractivity contribution in [2.24, 2.45) is 0 Å². The van der Waals surface area contributed by atoms with E-state index in [-0.39, 0.29) is 12.2 Å². The van der Waals surface area contributed by atoms with Gasteiger partial charge in [0.15, 0.2) is 6.29 Å². The third kappa shape index (κ3) is 5.43. The maximum atomic E-state index is 11.8. The summed E-state index contributed by atoms with van der Waals surface area (Å²) in [6.45, 7) is 1.02. The van der Waals surface area contributed by atoms with Crippen LogP contribution in [0.2, 0.25) is 0 Å². The molecule has 1 aromatic heterocycles. The second kappa shape index (κ2) is 9.36. The van der Waals surface area contributed by atoms with Crippen LogP contribution < -0.4 is 10.2 Å². The number of para-hydroxylation sites is 2. The van der Waals surface area contributed by atoms with Gasteiger partial charge in [0, 0.05) is 19.1 Å². The summed E-state index contributed by atoms with van der Waals surface area (Å²) in [4.78, 5) is 24.8. The molecule has 7 nitrogen and oxygen atoms in total. The van der Waals surface area contributed by atoms with Gasteiger partial charge in [-0.1, -0.05) is 24.3 Å². The molecule has 1 aliphatic heterocycles. The van der Waals surface area contributed by atoms with Crippen LogP contribution in [0, 0.1) is 0 Å². The molecule has 150 valence electrons. The molecule has 7 heteroatoms. The molecule has 0 radical (unpaired) electrons. The van der Waals surface area contributed by atoms with Crippen molar-refractivity contribution >= 4 is 23.0 Å². The highest BCUT2D eigenvalue weighted by Crippen LogP contribution is 2.16. The first-order chi connectivity index (χ1) is 14.3. The number of rotatable bonds is 7. The highest BCUT2D eigenvalue weighted by atomic mass is 16.8. The number of hydroxylamine groups is 1. The van der Waals surface area contributed by atoms with Crippen molar-refractivity contribution in [3.05, 3.63) is 66.0 Å². The molecule has 2 heterocycles. The first-order valence-corrected chi connectivity index (χ1v) is 9.68. The number of aromatic amines is 1. The third-order valence-electron chi connectivity index (χ3n) is 4.55. The summed E-state index contributed by atoms with van der Waals surface area (Å²) in [6.07, 6.45) is 5.65. The Morgan fingerprint density at radius 2 is 2.07 bits per heavy atom. The van der Waals surface area contributed by atoms with Gasteiger partial charge in [-0.3, -0.25) is 4.79 Å². The molecule has 1 aliphatic rings. The lowest BCUT2D eigenvalue weighted by Crippen LogP contribution is -2.32. The Balaban J connectivity index is 1.24. The van der Waals surface area contributed by atoms with E-state index < -0.39 is 0 Å². The van der Waals surface area contributed by atoms with Crippen LogP contribution in [0.4, 0.5) is 0 Å². The van der Waals surface area contributed by atoms with Crippen molar-refractivity contribution < 1.29 is 19.1 Å². The summed E-state index contributed by atoms with van der Waals surface area (Å²) in [7, 11) is 0. The van der Waals surface area contributed by atoms with Gasteiger partial charge in [0.25, 0.3) is 5.91 Å². The van der Waals surface area contributed by atoms with E-state index in [0.717, 1.165) is 47.4 Å². The molecule has 1 amide bonds. The molecule has 1 atom stereocenters. The Morgan fingerprint density at radius 1 is 1.21 bits per heavy atom. The molecular weight excluding hydrogens is 370 g/mol. The predicted molar refractivity (Wildman–Crippen MR) is 109 cm³/mol. The number of H-pyrrole nitrogens is 1. The van der Waals surface area contributed by atoms with Crippen molar-refractivity contribution in [1.82, 2.24) is 15.4 Å². The summed E-state index contributed by atoms with van der Waals surface area (Å²) in [6, 6.07) is 15.3. The minimum atomic E-state index is -0.357. The number of nitrogens with zero attached hydrogens (tertiary/aromatic N) is 1.